The first-order valence-electron chi connectivity index (χ1n) is 7.57. The number of nitrogens with zero attached hydrogens (tertiary/aromatic N) is 2. The minimum absolute atomic E-state index is 0. The van der Waals surface area contributed by atoms with E-state index in [0.717, 1.165) is 5.56 Å². The summed E-state index contributed by atoms with van der Waals surface area (Å²) in [5, 5.41) is 8.82. The van der Waals surface area contributed by atoms with E-state index < -0.39 is 9.90 Å². The van der Waals surface area contributed by atoms with Crippen molar-refractivity contribution >= 4 is 58.1 Å². The minimum Gasteiger partial charge on any atom is -0.372 e. The Labute approximate surface area is 171 Å². The van der Waals surface area contributed by atoms with Crippen molar-refractivity contribution < 1.29 is 5.11 Å². The van der Waals surface area contributed by atoms with Gasteiger partial charge in [0, 0.05) is 0 Å². The van der Waals surface area contributed by atoms with Crippen LogP contribution in [0.1, 0.15) is 11.4 Å². The first kappa shape index (κ1) is 21.0. The number of hydrogen-bond acceptors (Lipinski definition) is 3. The Morgan fingerprint density at radius 1 is 1.15 bits per heavy atom. The number of aliphatic hydroxyl groups is 1. The van der Waals surface area contributed by atoms with Gasteiger partial charge in [-0.2, -0.15) is 0 Å². The van der Waals surface area contributed by atoms with Gasteiger partial charge in [-0.25, -0.2) is 4.98 Å². The van der Waals surface area contributed by atoms with Crippen molar-refractivity contribution in [3.05, 3.63) is 70.3 Å². The third kappa shape index (κ3) is 4.00. The van der Waals surface area contributed by atoms with Crippen LogP contribution >= 0.6 is 47.2 Å². The molecule has 0 fully saturated rings. The quantitative estimate of drug-likeness (QED) is 0.620. The van der Waals surface area contributed by atoms with E-state index in [0.29, 0.717) is 16.6 Å². The molecule has 4 nitrogen and oxygen atoms in total. The molecule has 3 rings (SSSR count). The zero-order valence-electron chi connectivity index (χ0n) is 13.7. The summed E-state index contributed by atoms with van der Waals surface area (Å²) in [4.78, 5) is 16.4. The lowest BCUT2D eigenvalue weighted by molar-refractivity contribution is 0.140. The Balaban J connectivity index is 0.00000243. The van der Waals surface area contributed by atoms with Crippen LogP contribution in [0.15, 0.2) is 53.3 Å². The van der Waals surface area contributed by atoms with E-state index >= 15 is 0 Å². The Morgan fingerprint density at radius 2 is 1.77 bits per heavy atom. The fourth-order valence-corrected chi connectivity index (χ4v) is 2.93. The van der Waals surface area contributed by atoms with Gasteiger partial charge >= 0.3 is 0 Å². The van der Waals surface area contributed by atoms with Crippen LogP contribution in [0.5, 0.6) is 0 Å². The predicted octanol–water partition coefficient (Wildman–Crippen LogP) is 4.39. The number of rotatable bonds is 4. The van der Waals surface area contributed by atoms with Crippen molar-refractivity contribution in [1.82, 2.24) is 9.55 Å². The topological polar surface area (TPSA) is 55.1 Å². The summed E-state index contributed by atoms with van der Waals surface area (Å²) >= 11 is 17.6. The Kier molecular flexibility index (Phi) is 6.59. The first-order valence-corrected chi connectivity index (χ1v) is 8.82. The highest BCUT2D eigenvalue weighted by Gasteiger charge is 2.34. The molecule has 8 heteroatoms. The average molecular weight is 434 g/mol. The summed E-state index contributed by atoms with van der Waals surface area (Å²) in [5.74, 6) is 0.279. The molecule has 0 saturated heterocycles. The van der Waals surface area contributed by atoms with Crippen LogP contribution in [0.3, 0.4) is 0 Å². The molecule has 0 saturated carbocycles. The Bertz CT molecular complexity index is 986. The molecule has 0 aliphatic heterocycles. The molecule has 0 amide bonds. The van der Waals surface area contributed by atoms with Gasteiger partial charge in [-0.15, -0.1) is 35.6 Å². The lowest BCUT2D eigenvalue weighted by atomic mass is 10.1. The molecule has 1 heterocycles. The second-order valence-corrected chi connectivity index (χ2v) is 7.52. The molecule has 26 heavy (non-hydrogen) atoms. The lowest BCUT2D eigenvalue weighted by Crippen LogP contribution is -2.35. The van der Waals surface area contributed by atoms with Crippen LogP contribution in [0.2, 0.25) is 0 Å². The smallest absolute Gasteiger partial charge is 0.265 e. The summed E-state index contributed by atoms with van der Waals surface area (Å²) in [7, 11) is 0. The van der Waals surface area contributed by atoms with Crippen LogP contribution in [0.25, 0.3) is 16.6 Å². The zero-order valence-corrected chi connectivity index (χ0v) is 16.8. The maximum atomic E-state index is 13.1. The molecular formula is C18H16Cl4N2O2. The number of benzene rings is 2. The highest BCUT2D eigenvalue weighted by atomic mass is 35.5. The summed E-state index contributed by atoms with van der Waals surface area (Å²) in [6.45, 7) is 1.89. The third-order valence-electron chi connectivity index (χ3n) is 3.94. The van der Waals surface area contributed by atoms with Gasteiger partial charge in [-0.1, -0.05) is 41.9 Å². The predicted molar refractivity (Wildman–Crippen MR) is 109 cm³/mol. The van der Waals surface area contributed by atoms with Gasteiger partial charge in [0.05, 0.1) is 23.0 Å². The van der Waals surface area contributed by atoms with Crippen molar-refractivity contribution in [3.63, 3.8) is 0 Å². The SMILES string of the molecule is Cc1ccccc1-n1c(CC(O)(Cl)C(Cl)Cl)nc2ccccc2c1=O.Cl. The Morgan fingerprint density at radius 3 is 2.42 bits per heavy atom. The van der Waals surface area contributed by atoms with Crippen LogP contribution in [0, 0.1) is 6.92 Å². The zero-order chi connectivity index (χ0) is 18.2. The van der Waals surface area contributed by atoms with Crippen LogP contribution in [-0.2, 0) is 6.42 Å². The van der Waals surface area contributed by atoms with Crippen LogP contribution < -0.4 is 5.56 Å². The van der Waals surface area contributed by atoms with E-state index in [1.54, 1.807) is 24.3 Å². The number of halogens is 4. The molecule has 1 atom stereocenters. The van der Waals surface area contributed by atoms with Crippen molar-refractivity contribution in [1.29, 1.82) is 0 Å². The summed E-state index contributed by atoms with van der Waals surface area (Å²) < 4.78 is 1.45. The third-order valence-corrected chi connectivity index (χ3v) is 5.24. The number of aryl methyl sites for hydroxylation is 1. The monoisotopic (exact) mass is 432 g/mol. The minimum atomic E-state index is -1.95. The Hall–Kier alpha value is -1.30. The number of fused-ring (bicyclic) bond motifs is 1. The van der Waals surface area contributed by atoms with Crippen LogP contribution in [0.4, 0.5) is 0 Å². The molecule has 0 aliphatic rings. The highest BCUT2D eigenvalue weighted by Crippen LogP contribution is 2.29. The molecule has 1 N–H and O–H groups in total. The maximum absolute atomic E-state index is 13.1. The van der Waals surface area contributed by atoms with E-state index in [1.165, 1.54) is 4.57 Å². The highest BCUT2D eigenvalue weighted by molar-refractivity contribution is 6.49. The normalized spacial score (nSPS) is 13.5. The first-order chi connectivity index (χ1) is 11.8. The fourth-order valence-electron chi connectivity index (χ4n) is 2.66. The van der Waals surface area contributed by atoms with Gasteiger partial charge in [0.1, 0.15) is 5.82 Å². The lowest BCUT2D eigenvalue weighted by Gasteiger charge is -2.24. The van der Waals surface area contributed by atoms with Crippen LogP contribution in [-0.4, -0.2) is 24.6 Å². The van der Waals surface area contributed by atoms with Gasteiger partial charge in [-0.05, 0) is 30.7 Å². The molecule has 0 radical (unpaired) electrons. The summed E-state index contributed by atoms with van der Waals surface area (Å²) in [6, 6.07) is 14.4. The number of para-hydroxylation sites is 2. The molecule has 1 aromatic heterocycles. The molecule has 0 spiro atoms. The van der Waals surface area contributed by atoms with Crippen molar-refractivity contribution in [2.45, 2.75) is 23.2 Å². The van der Waals surface area contributed by atoms with Crippen molar-refractivity contribution in [2.75, 3.05) is 0 Å². The summed E-state index contributed by atoms with van der Waals surface area (Å²) in [6.07, 6.45) is -0.194. The van der Waals surface area contributed by atoms with E-state index in [-0.39, 0.29) is 30.2 Å². The van der Waals surface area contributed by atoms with Crippen molar-refractivity contribution in [2.24, 2.45) is 0 Å². The second kappa shape index (κ2) is 8.15. The number of aromatic nitrogens is 2. The molecule has 0 bridgehead atoms. The molecule has 2 aromatic carbocycles. The largest absolute Gasteiger partial charge is 0.372 e. The number of hydrogen-bond donors (Lipinski definition) is 1. The average Bonchev–Trinajstić information content (AvgIpc) is 2.56. The fraction of sp³-hybridized carbons (Fsp3) is 0.222. The van der Waals surface area contributed by atoms with Gasteiger partial charge in [0.25, 0.3) is 5.56 Å². The molecule has 0 aliphatic carbocycles. The standard InChI is InChI=1S/C18H15Cl3N2O2.ClH/c1-11-6-2-5-9-14(11)23-15(10-18(21,25)17(19)20)22-13-8-4-3-7-12(13)16(23)24;/h2-9,17,25H,10H2,1H3;1H. The van der Waals surface area contributed by atoms with E-state index in [1.807, 2.05) is 31.2 Å². The van der Waals surface area contributed by atoms with E-state index in [2.05, 4.69) is 4.98 Å². The van der Waals surface area contributed by atoms with Gasteiger partial charge in [0.2, 0.25) is 0 Å². The molecule has 1 unspecified atom stereocenters. The summed E-state index contributed by atoms with van der Waals surface area (Å²) in [5.41, 5.74) is 1.81. The second-order valence-electron chi connectivity index (χ2n) is 5.77. The molecule has 3 aromatic rings. The molecular weight excluding hydrogens is 418 g/mol. The molecule has 138 valence electrons. The van der Waals surface area contributed by atoms with E-state index in [4.69, 9.17) is 34.8 Å². The van der Waals surface area contributed by atoms with Gasteiger partial charge < -0.3 is 5.11 Å². The maximum Gasteiger partial charge on any atom is 0.265 e. The number of alkyl halides is 3. The van der Waals surface area contributed by atoms with Gasteiger partial charge in [-0.3, -0.25) is 9.36 Å². The van der Waals surface area contributed by atoms with Gasteiger partial charge in [0.15, 0.2) is 9.90 Å². The van der Waals surface area contributed by atoms with Crippen molar-refractivity contribution in [3.8, 4) is 5.69 Å². The van der Waals surface area contributed by atoms with E-state index in [9.17, 15) is 9.90 Å².